The molecule has 0 aliphatic rings. The van der Waals surface area contributed by atoms with E-state index in [2.05, 4.69) is 15.9 Å². The third-order valence-electron chi connectivity index (χ3n) is 2.07. The summed E-state index contributed by atoms with van der Waals surface area (Å²) in [5.74, 6) is 0. The Morgan fingerprint density at radius 2 is 1.87 bits per heavy atom. The fourth-order valence-electron chi connectivity index (χ4n) is 1.44. The second-order valence-corrected chi connectivity index (χ2v) is 6.51. The molecule has 5 heteroatoms. The van der Waals surface area contributed by atoms with Gasteiger partial charge in [-0.2, -0.15) is 0 Å². The zero-order valence-electron chi connectivity index (χ0n) is 7.44. The maximum atomic E-state index is 11.3. The molecular weight excluding hydrogens is 300 g/mol. The van der Waals surface area contributed by atoms with Gasteiger partial charge in [0.05, 0.1) is 4.90 Å². The normalized spacial score (nSPS) is 11.9. The van der Waals surface area contributed by atoms with E-state index >= 15 is 0 Å². The molecule has 0 atom stereocenters. The molecule has 0 aliphatic carbocycles. The van der Waals surface area contributed by atoms with Gasteiger partial charge >= 0.3 is 0 Å². The van der Waals surface area contributed by atoms with Gasteiger partial charge in [0.1, 0.15) is 0 Å². The van der Waals surface area contributed by atoms with Crippen LogP contribution in [0.5, 0.6) is 0 Å². The molecule has 0 fully saturated rings. The highest BCUT2D eigenvalue weighted by molar-refractivity contribution is 9.10. The SMILES string of the molecule is O=S(=O)(Cl)c1cccc2cc(Br)ccc12. The molecule has 0 spiro atoms. The Bertz CT molecular complexity index is 622. The van der Waals surface area contributed by atoms with E-state index in [1.165, 1.54) is 6.07 Å². The van der Waals surface area contributed by atoms with Crippen LogP contribution in [-0.2, 0) is 9.05 Å². The van der Waals surface area contributed by atoms with Gasteiger partial charge in [0.25, 0.3) is 9.05 Å². The van der Waals surface area contributed by atoms with Gasteiger partial charge < -0.3 is 0 Å². The van der Waals surface area contributed by atoms with Crippen LogP contribution < -0.4 is 0 Å². The molecule has 0 unspecified atom stereocenters. The average Bonchev–Trinajstić information content (AvgIpc) is 2.15. The number of hydrogen-bond acceptors (Lipinski definition) is 2. The van der Waals surface area contributed by atoms with Gasteiger partial charge in [0.2, 0.25) is 0 Å². The first-order chi connectivity index (χ1) is 6.98. The molecule has 0 heterocycles. The van der Waals surface area contributed by atoms with Gasteiger partial charge in [-0.3, -0.25) is 0 Å². The van der Waals surface area contributed by atoms with E-state index in [-0.39, 0.29) is 4.90 Å². The zero-order chi connectivity index (χ0) is 11.1. The lowest BCUT2D eigenvalue weighted by Gasteiger charge is -2.03. The van der Waals surface area contributed by atoms with E-state index in [0.29, 0.717) is 5.39 Å². The summed E-state index contributed by atoms with van der Waals surface area (Å²) < 4.78 is 23.5. The van der Waals surface area contributed by atoms with Gasteiger partial charge in [-0.05, 0) is 23.6 Å². The molecule has 0 saturated carbocycles. The summed E-state index contributed by atoms with van der Waals surface area (Å²) >= 11 is 3.32. The van der Waals surface area contributed by atoms with Gasteiger partial charge in [0, 0.05) is 20.5 Å². The summed E-state index contributed by atoms with van der Waals surface area (Å²) in [6.45, 7) is 0. The van der Waals surface area contributed by atoms with Crippen LogP contribution in [0.4, 0.5) is 0 Å². The van der Waals surface area contributed by atoms with E-state index in [4.69, 9.17) is 10.7 Å². The molecule has 0 amide bonds. The van der Waals surface area contributed by atoms with Crippen molar-refractivity contribution in [3.63, 3.8) is 0 Å². The summed E-state index contributed by atoms with van der Waals surface area (Å²) in [5.41, 5.74) is 0. The summed E-state index contributed by atoms with van der Waals surface area (Å²) in [5, 5.41) is 1.47. The maximum Gasteiger partial charge on any atom is 0.261 e. The van der Waals surface area contributed by atoms with E-state index in [1.54, 1.807) is 18.2 Å². The van der Waals surface area contributed by atoms with Crippen molar-refractivity contribution in [3.05, 3.63) is 40.9 Å². The highest BCUT2D eigenvalue weighted by Gasteiger charge is 2.13. The second kappa shape index (κ2) is 3.77. The van der Waals surface area contributed by atoms with Crippen LogP contribution in [0.1, 0.15) is 0 Å². The standard InChI is InChI=1S/C10H6BrClO2S/c11-8-4-5-9-7(6-8)2-1-3-10(9)15(12,13)14/h1-6H. The van der Waals surface area contributed by atoms with Crippen molar-refractivity contribution < 1.29 is 8.42 Å². The molecule has 2 aromatic carbocycles. The molecule has 0 bridgehead atoms. The maximum absolute atomic E-state index is 11.3. The number of benzene rings is 2. The first-order valence-electron chi connectivity index (χ1n) is 4.11. The molecule has 2 nitrogen and oxygen atoms in total. The largest absolute Gasteiger partial charge is 0.261 e. The zero-order valence-corrected chi connectivity index (χ0v) is 10.6. The first-order valence-corrected chi connectivity index (χ1v) is 7.22. The molecule has 0 N–H and O–H groups in total. The Kier molecular flexibility index (Phi) is 2.75. The van der Waals surface area contributed by atoms with Gasteiger partial charge in [0.15, 0.2) is 0 Å². The van der Waals surface area contributed by atoms with E-state index in [0.717, 1.165) is 9.86 Å². The Labute approximate surface area is 100 Å². The number of hydrogen-bond donors (Lipinski definition) is 0. The molecule has 0 aliphatic heterocycles. The Morgan fingerprint density at radius 3 is 2.53 bits per heavy atom. The molecule has 15 heavy (non-hydrogen) atoms. The molecular formula is C10H6BrClO2S. The van der Waals surface area contributed by atoms with Gasteiger partial charge in [-0.1, -0.05) is 34.1 Å². The van der Waals surface area contributed by atoms with Crippen molar-refractivity contribution in [2.75, 3.05) is 0 Å². The van der Waals surface area contributed by atoms with Gasteiger partial charge in [-0.25, -0.2) is 8.42 Å². The lowest BCUT2D eigenvalue weighted by molar-refractivity contribution is 0.610. The lowest BCUT2D eigenvalue weighted by atomic mass is 10.1. The van der Waals surface area contributed by atoms with Crippen molar-refractivity contribution in [3.8, 4) is 0 Å². The molecule has 78 valence electrons. The van der Waals surface area contributed by atoms with Crippen LogP contribution in [-0.4, -0.2) is 8.42 Å². The third-order valence-corrected chi connectivity index (χ3v) is 3.94. The number of rotatable bonds is 1. The van der Waals surface area contributed by atoms with Crippen LogP contribution in [0.2, 0.25) is 0 Å². The monoisotopic (exact) mass is 304 g/mol. The summed E-state index contributed by atoms with van der Waals surface area (Å²) in [6.07, 6.45) is 0. The highest BCUT2D eigenvalue weighted by atomic mass is 79.9. The highest BCUT2D eigenvalue weighted by Crippen LogP contribution is 2.27. The molecule has 0 aromatic heterocycles. The smallest absolute Gasteiger partial charge is 0.207 e. The topological polar surface area (TPSA) is 34.1 Å². The van der Waals surface area contributed by atoms with Crippen LogP contribution in [0.3, 0.4) is 0 Å². The molecule has 2 rings (SSSR count). The lowest BCUT2D eigenvalue weighted by Crippen LogP contribution is -1.91. The fraction of sp³-hybridized carbons (Fsp3) is 0. The molecule has 0 saturated heterocycles. The van der Waals surface area contributed by atoms with Crippen LogP contribution >= 0.6 is 26.6 Å². The quantitative estimate of drug-likeness (QED) is 0.755. The third kappa shape index (κ3) is 2.17. The van der Waals surface area contributed by atoms with Crippen molar-refractivity contribution in [1.29, 1.82) is 0 Å². The van der Waals surface area contributed by atoms with E-state index < -0.39 is 9.05 Å². The summed E-state index contributed by atoms with van der Waals surface area (Å²) in [4.78, 5) is 0.147. The fourth-order valence-corrected chi connectivity index (χ4v) is 2.91. The van der Waals surface area contributed by atoms with Crippen molar-refractivity contribution in [1.82, 2.24) is 0 Å². The second-order valence-electron chi connectivity index (χ2n) is 3.06. The predicted octanol–water partition coefficient (Wildman–Crippen LogP) is 3.53. The Hall–Kier alpha value is -0.580. The first kappa shape index (κ1) is 10.9. The van der Waals surface area contributed by atoms with E-state index in [9.17, 15) is 8.42 Å². The van der Waals surface area contributed by atoms with Crippen LogP contribution in [0.25, 0.3) is 10.8 Å². The van der Waals surface area contributed by atoms with Crippen molar-refractivity contribution in [2.24, 2.45) is 0 Å². The minimum absolute atomic E-state index is 0.147. The Balaban J connectivity index is 2.89. The van der Waals surface area contributed by atoms with Crippen molar-refractivity contribution >= 4 is 46.4 Å². The minimum atomic E-state index is -3.69. The summed E-state index contributed by atoms with van der Waals surface area (Å²) in [6, 6.07) is 10.4. The molecule has 2 aromatic rings. The van der Waals surface area contributed by atoms with Crippen LogP contribution in [0, 0.1) is 0 Å². The van der Waals surface area contributed by atoms with E-state index in [1.807, 2.05) is 12.1 Å². The Morgan fingerprint density at radius 1 is 1.13 bits per heavy atom. The summed E-state index contributed by atoms with van der Waals surface area (Å²) in [7, 11) is 1.65. The van der Waals surface area contributed by atoms with Crippen LogP contribution in [0.15, 0.2) is 45.8 Å². The number of fused-ring (bicyclic) bond motifs is 1. The van der Waals surface area contributed by atoms with Gasteiger partial charge in [-0.15, -0.1) is 0 Å². The number of halogens is 2. The average molecular weight is 306 g/mol. The minimum Gasteiger partial charge on any atom is -0.207 e. The predicted molar refractivity (Wildman–Crippen MR) is 64.7 cm³/mol. The molecule has 0 radical (unpaired) electrons. The van der Waals surface area contributed by atoms with Crippen molar-refractivity contribution in [2.45, 2.75) is 4.90 Å².